The summed E-state index contributed by atoms with van der Waals surface area (Å²) in [5.41, 5.74) is 18.3. The van der Waals surface area contributed by atoms with Crippen molar-refractivity contribution in [2.75, 3.05) is 11.5 Å². The highest BCUT2D eigenvalue weighted by atomic mass is 15.1. The van der Waals surface area contributed by atoms with Gasteiger partial charge in [0.15, 0.2) is 17.0 Å². The Morgan fingerprint density at radius 1 is 0.679 bits per heavy atom. The molecule has 6 heteroatoms. The number of nitrogens with zero attached hydrogens (tertiary/aromatic N) is 4. The zero-order valence-electron chi connectivity index (χ0n) is 16.6. The van der Waals surface area contributed by atoms with Gasteiger partial charge in [-0.3, -0.25) is 0 Å². The average Bonchev–Trinajstić information content (AvgIpc) is 2.68. The van der Waals surface area contributed by atoms with Crippen LogP contribution in [0.3, 0.4) is 0 Å². The molecule has 0 unspecified atom stereocenters. The van der Waals surface area contributed by atoms with Gasteiger partial charge in [-0.25, -0.2) is 9.97 Å². The monoisotopic (exact) mass is 372 g/mol. The number of hydrogen-bond donors (Lipinski definition) is 2. The lowest BCUT2D eigenvalue weighted by Gasteiger charge is -2.12. The zero-order valence-corrected chi connectivity index (χ0v) is 16.6. The maximum absolute atomic E-state index is 6.01. The molecule has 4 rings (SSSR count). The molecule has 0 aliphatic carbocycles. The maximum Gasteiger partial charge on any atom is 0.224 e. The summed E-state index contributed by atoms with van der Waals surface area (Å²) in [5.74, 6) is 0.312. The molecule has 0 fully saturated rings. The molecule has 0 atom stereocenters. The first-order chi connectivity index (χ1) is 13.5. The molecule has 2 aromatic carbocycles. The van der Waals surface area contributed by atoms with Crippen molar-refractivity contribution in [3.05, 3.63) is 59.7 Å². The second kappa shape index (κ2) is 8.00. The number of hydrogen-bond acceptors (Lipinski definition) is 6. The van der Waals surface area contributed by atoms with E-state index >= 15 is 0 Å². The molecule has 0 bridgehead atoms. The van der Waals surface area contributed by atoms with Crippen molar-refractivity contribution in [3.63, 3.8) is 0 Å². The van der Waals surface area contributed by atoms with Crippen LogP contribution in [0.4, 0.5) is 11.8 Å². The molecule has 0 spiro atoms. The van der Waals surface area contributed by atoms with Gasteiger partial charge >= 0.3 is 0 Å². The first-order valence-corrected chi connectivity index (χ1v) is 9.26. The topological polar surface area (TPSA) is 104 Å². The molecule has 0 saturated heterocycles. The summed E-state index contributed by atoms with van der Waals surface area (Å²) in [6, 6.07) is 16.3. The average molecular weight is 372 g/mol. The number of fused-ring (bicyclic) bond motifs is 1. The highest BCUT2D eigenvalue weighted by Gasteiger charge is 2.16. The Bertz CT molecular complexity index is 1140. The van der Waals surface area contributed by atoms with E-state index in [1.165, 1.54) is 0 Å². The smallest absolute Gasteiger partial charge is 0.224 e. The number of anilines is 2. The quantitative estimate of drug-likeness (QED) is 0.534. The second-order valence-electron chi connectivity index (χ2n) is 6.30. The van der Waals surface area contributed by atoms with E-state index < -0.39 is 0 Å². The third kappa shape index (κ3) is 3.76. The van der Waals surface area contributed by atoms with Crippen molar-refractivity contribution in [2.24, 2.45) is 0 Å². The van der Waals surface area contributed by atoms with Crippen LogP contribution in [0.25, 0.3) is 33.7 Å². The highest BCUT2D eigenvalue weighted by molar-refractivity contribution is 5.89. The predicted molar refractivity (Wildman–Crippen MR) is 116 cm³/mol. The lowest BCUT2D eigenvalue weighted by atomic mass is 10.0. The van der Waals surface area contributed by atoms with Crippen molar-refractivity contribution in [2.45, 2.75) is 27.7 Å². The number of rotatable bonds is 2. The molecule has 4 aromatic rings. The molecule has 2 aromatic heterocycles. The predicted octanol–water partition coefficient (Wildman–Crippen LogP) is 4.56. The molecular formula is C22H24N6. The summed E-state index contributed by atoms with van der Waals surface area (Å²) in [6.45, 7) is 8.09. The molecule has 0 aliphatic rings. The van der Waals surface area contributed by atoms with E-state index in [9.17, 15) is 0 Å². The van der Waals surface area contributed by atoms with Crippen LogP contribution in [-0.4, -0.2) is 19.9 Å². The van der Waals surface area contributed by atoms with Gasteiger partial charge in [-0.1, -0.05) is 61.4 Å². The van der Waals surface area contributed by atoms with Gasteiger partial charge in [0.1, 0.15) is 0 Å². The van der Waals surface area contributed by atoms with E-state index in [1.807, 2.05) is 64.1 Å². The van der Waals surface area contributed by atoms with Crippen molar-refractivity contribution < 1.29 is 0 Å². The molecule has 0 amide bonds. The Morgan fingerprint density at radius 3 is 1.75 bits per heavy atom. The van der Waals surface area contributed by atoms with Crippen LogP contribution in [0.15, 0.2) is 48.5 Å². The van der Waals surface area contributed by atoms with Gasteiger partial charge in [-0.05, 0) is 26.0 Å². The van der Waals surface area contributed by atoms with Crippen LogP contribution in [0.1, 0.15) is 25.0 Å². The molecular weight excluding hydrogens is 348 g/mol. The number of aromatic nitrogens is 4. The third-order valence-corrected chi connectivity index (χ3v) is 4.16. The van der Waals surface area contributed by atoms with Crippen molar-refractivity contribution >= 4 is 22.9 Å². The van der Waals surface area contributed by atoms with E-state index in [4.69, 9.17) is 21.4 Å². The summed E-state index contributed by atoms with van der Waals surface area (Å²) in [7, 11) is 0. The zero-order chi connectivity index (χ0) is 20.3. The van der Waals surface area contributed by atoms with Crippen molar-refractivity contribution in [1.82, 2.24) is 19.9 Å². The summed E-state index contributed by atoms with van der Waals surface area (Å²) in [5, 5.41) is 0. The van der Waals surface area contributed by atoms with Gasteiger partial charge in [0.05, 0.1) is 11.4 Å². The molecule has 142 valence electrons. The fourth-order valence-corrected chi connectivity index (χ4v) is 2.97. The molecule has 4 N–H and O–H groups in total. The molecule has 0 saturated carbocycles. The first kappa shape index (κ1) is 19.2. The van der Waals surface area contributed by atoms with Crippen LogP contribution in [-0.2, 0) is 0 Å². The molecule has 2 heterocycles. The first-order valence-electron chi connectivity index (χ1n) is 9.26. The summed E-state index contributed by atoms with van der Waals surface area (Å²) >= 11 is 0. The summed E-state index contributed by atoms with van der Waals surface area (Å²) in [4.78, 5) is 17.7. The second-order valence-corrected chi connectivity index (χ2v) is 6.30. The number of benzene rings is 2. The molecule has 28 heavy (non-hydrogen) atoms. The largest absolute Gasteiger partial charge is 0.382 e. The van der Waals surface area contributed by atoms with Gasteiger partial charge in [0.2, 0.25) is 5.95 Å². The fraction of sp³-hybridized carbons (Fsp3) is 0.182. The minimum Gasteiger partial charge on any atom is -0.382 e. The maximum atomic E-state index is 6.01. The lowest BCUT2D eigenvalue weighted by molar-refractivity contribution is 1.17. The van der Waals surface area contributed by atoms with Gasteiger partial charge in [-0.2, -0.15) is 9.97 Å². The Morgan fingerprint density at radius 2 is 1.21 bits per heavy atom. The Hall–Kier alpha value is -3.54. The van der Waals surface area contributed by atoms with E-state index in [2.05, 4.69) is 22.1 Å². The van der Waals surface area contributed by atoms with E-state index in [-0.39, 0.29) is 11.8 Å². The summed E-state index contributed by atoms with van der Waals surface area (Å²) in [6.07, 6.45) is 0. The normalized spacial score (nSPS) is 10.4. The van der Waals surface area contributed by atoms with Gasteiger partial charge in [0.25, 0.3) is 0 Å². The Labute approximate surface area is 164 Å². The van der Waals surface area contributed by atoms with Crippen LogP contribution in [0.2, 0.25) is 0 Å². The molecule has 6 nitrogen and oxygen atoms in total. The van der Waals surface area contributed by atoms with Crippen molar-refractivity contribution in [3.8, 4) is 22.5 Å². The molecule has 0 radical (unpaired) electrons. The van der Waals surface area contributed by atoms with Gasteiger partial charge < -0.3 is 11.5 Å². The van der Waals surface area contributed by atoms with Crippen LogP contribution in [0.5, 0.6) is 0 Å². The minimum atomic E-state index is 0.0859. The van der Waals surface area contributed by atoms with Gasteiger partial charge in [0, 0.05) is 11.1 Å². The summed E-state index contributed by atoms with van der Waals surface area (Å²) < 4.78 is 0. The lowest BCUT2D eigenvalue weighted by Crippen LogP contribution is -2.05. The van der Waals surface area contributed by atoms with Gasteiger partial charge in [-0.15, -0.1) is 0 Å². The van der Waals surface area contributed by atoms with Crippen LogP contribution >= 0.6 is 0 Å². The SMILES string of the molecule is CC.Cc1cccc(-c2nc3nc(N)nc(N)c3nc2-c2cccc(C)c2)c1. The third-order valence-electron chi connectivity index (χ3n) is 4.16. The van der Waals surface area contributed by atoms with Crippen LogP contribution in [0, 0.1) is 13.8 Å². The number of nitrogens with two attached hydrogens (primary N) is 2. The highest BCUT2D eigenvalue weighted by Crippen LogP contribution is 2.32. The van der Waals surface area contributed by atoms with Crippen LogP contribution < -0.4 is 11.5 Å². The van der Waals surface area contributed by atoms with E-state index in [0.717, 1.165) is 33.6 Å². The molecule has 0 aliphatic heterocycles. The van der Waals surface area contributed by atoms with E-state index in [0.29, 0.717) is 11.2 Å². The number of nitrogen functional groups attached to an aromatic ring is 2. The Balaban J connectivity index is 0.00000109. The van der Waals surface area contributed by atoms with E-state index in [1.54, 1.807) is 0 Å². The standard InChI is InChI=1S/C20H18N6.C2H6/c1-11-5-3-7-13(9-11)15-16(14-8-4-6-12(2)10-14)24-19-17(23-15)18(21)25-20(22)26-19;1-2/h3-10H,1-2H3,(H4,21,22,24,25,26);1-2H3. The Kier molecular flexibility index (Phi) is 5.49. The number of aryl methyl sites for hydroxylation is 2. The minimum absolute atomic E-state index is 0.0859. The fourth-order valence-electron chi connectivity index (χ4n) is 2.97. The van der Waals surface area contributed by atoms with Crippen molar-refractivity contribution in [1.29, 1.82) is 0 Å².